The monoisotopic (exact) mass is 347 g/mol. The Bertz CT molecular complexity index is 591. The van der Waals surface area contributed by atoms with Crippen LogP contribution in [-0.2, 0) is 16.0 Å². The summed E-state index contributed by atoms with van der Waals surface area (Å²) < 4.78 is 5.24. The molecule has 0 heterocycles. The van der Waals surface area contributed by atoms with E-state index in [1.54, 1.807) is 4.90 Å². The average Bonchev–Trinajstić information content (AvgIpc) is 2.56. The Labute approximate surface area is 152 Å². The Morgan fingerprint density at radius 1 is 1.04 bits per heavy atom. The highest BCUT2D eigenvalue weighted by atomic mass is 16.5. The molecule has 0 aliphatic carbocycles. The van der Waals surface area contributed by atoms with Crippen molar-refractivity contribution >= 4 is 11.9 Å². The molecule has 0 bridgehead atoms. The average molecular weight is 347 g/mol. The lowest BCUT2D eigenvalue weighted by atomic mass is 9.96. The number of ether oxygens (including phenoxy) is 1. The minimum Gasteiger partial charge on any atom is -0.464 e. The maximum Gasteiger partial charge on any atom is 0.325 e. The smallest absolute Gasteiger partial charge is 0.325 e. The van der Waals surface area contributed by atoms with Crippen LogP contribution >= 0.6 is 0 Å². The van der Waals surface area contributed by atoms with Gasteiger partial charge in [-0.15, -0.1) is 0 Å². The number of aryl methyl sites for hydroxylation is 1. The Morgan fingerprint density at radius 2 is 1.68 bits per heavy atom. The first-order valence-corrected chi connectivity index (χ1v) is 9.26. The Hall–Kier alpha value is -1.84. The second-order valence-electron chi connectivity index (χ2n) is 7.58. The number of carbonyl (C=O) groups is 2. The van der Waals surface area contributed by atoms with E-state index >= 15 is 0 Å². The molecule has 140 valence electrons. The van der Waals surface area contributed by atoms with Crippen molar-refractivity contribution in [3.63, 3.8) is 0 Å². The third-order valence-corrected chi connectivity index (χ3v) is 4.10. The lowest BCUT2D eigenvalue weighted by molar-refractivity contribution is -0.145. The fraction of sp³-hybridized carbons (Fsp3) is 0.619. The molecule has 0 radical (unpaired) electrons. The molecule has 4 heteroatoms. The third-order valence-electron chi connectivity index (χ3n) is 4.10. The summed E-state index contributed by atoms with van der Waals surface area (Å²) in [4.78, 5) is 26.7. The van der Waals surface area contributed by atoms with Crippen molar-refractivity contribution in [3.8, 4) is 0 Å². The van der Waals surface area contributed by atoms with Crippen molar-refractivity contribution in [3.05, 3.63) is 34.9 Å². The molecule has 0 atom stereocenters. The van der Waals surface area contributed by atoms with E-state index in [1.807, 2.05) is 39.8 Å². The topological polar surface area (TPSA) is 46.6 Å². The first-order valence-electron chi connectivity index (χ1n) is 9.26. The summed E-state index contributed by atoms with van der Waals surface area (Å²) in [5, 5.41) is 0. The van der Waals surface area contributed by atoms with E-state index in [2.05, 4.69) is 26.8 Å². The van der Waals surface area contributed by atoms with Gasteiger partial charge in [-0.05, 0) is 55.4 Å². The van der Waals surface area contributed by atoms with Crippen LogP contribution in [-0.4, -0.2) is 36.0 Å². The Morgan fingerprint density at radius 3 is 2.16 bits per heavy atom. The fourth-order valence-electron chi connectivity index (χ4n) is 2.48. The molecule has 4 nitrogen and oxygen atoms in total. The van der Waals surface area contributed by atoms with Crippen molar-refractivity contribution in [2.24, 2.45) is 5.92 Å². The van der Waals surface area contributed by atoms with Crippen LogP contribution in [0.15, 0.2) is 18.2 Å². The molecule has 1 aromatic carbocycles. The van der Waals surface area contributed by atoms with Crippen molar-refractivity contribution in [1.82, 2.24) is 4.90 Å². The number of hydrogen-bond donors (Lipinski definition) is 0. The molecule has 0 N–H and O–H groups in total. The van der Waals surface area contributed by atoms with Crippen LogP contribution in [0.25, 0.3) is 0 Å². The van der Waals surface area contributed by atoms with Gasteiger partial charge in [0.25, 0.3) is 5.91 Å². The summed E-state index contributed by atoms with van der Waals surface area (Å²) in [7, 11) is 0. The zero-order chi connectivity index (χ0) is 19.1. The summed E-state index contributed by atoms with van der Waals surface area (Å²) >= 11 is 0. The molecule has 0 aliphatic heterocycles. The molecule has 0 saturated carbocycles. The van der Waals surface area contributed by atoms with E-state index < -0.39 is 0 Å². The van der Waals surface area contributed by atoms with Crippen LogP contribution < -0.4 is 0 Å². The van der Waals surface area contributed by atoms with Gasteiger partial charge in [0.2, 0.25) is 0 Å². The van der Waals surface area contributed by atoms with Crippen LogP contribution in [0.3, 0.4) is 0 Å². The van der Waals surface area contributed by atoms with E-state index in [1.165, 1.54) is 0 Å². The van der Waals surface area contributed by atoms with Gasteiger partial charge in [0, 0.05) is 11.6 Å². The first-order chi connectivity index (χ1) is 11.6. The minimum absolute atomic E-state index is 0.0173. The highest BCUT2D eigenvalue weighted by Gasteiger charge is 2.23. The SMILES string of the molecule is CCc1cc(C(=O)N(CC(=O)OCC(C)C)C(C)C)cc(C(C)C)c1. The summed E-state index contributed by atoms with van der Waals surface area (Å²) in [5.41, 5.74) is 2.93. The standard InChI is InChI=1S/C21H33NO3/c1-8-17-9-18(15(4)5)11-19(10-17)21(24)22(16(6)7)12-20(23)25-13-14(2)3/h9-11,14-16H,8,12-13H2,1-7H3. The predicted molar refractivity (Wildman–Crippen MR) is 102 cm³/mol. The third kappa shape index (κ3) is 6.52. The summed E-state index contributed by atoms with van der Waals surface area (Å²) in [5.74, 6) is 0.156. The second-order valence-corrected chi connectivity index (χ2v) is 7.58. The largest absolute Gasteiger partial charge is 0.464 e. The molecule has 0 aliphatic rings. The molecule has 0 aromatic heterocycles. The van der Waals surface area contributed by atoms with Gasteiger partial charge in [-0.2, -0.15) is 0 Å². The highest BCUT2D eigenvalue weighted by Crippen LogP contribution is 2.21. The van der Waals surface area contributed by atoms with Gasteiger partial charge in [0.05, 0.1) is 6.61 Å². The number of rotatable bonds is 8. The number of nitrogens with zero attached hydrogens (tertiary/aromatic N) is 1. The van der Waals surface area contributed by atoms with Crippen LogP contribution in [0, 0.1) is 5.92 Å². The van der Waals surface area contributed by atoms with E-state index in [-0.39, 0.29) is 30.4 Å². The van der Waals surface area contributed by atoms with Gasteiger partial charge in [0.1, 0.15) is 6.54 Å². The number of carbonyl (C=O) groups excluding carboxylic acids is 2. The maximum absolute atomic E-state index is 13.0. The van der Waals surface area contributed by atoms with Crippen LogP contribution in [0.2, 0.25) is 0 Å². The zero-order valence-corrected chi connectivity index (χ0v) is 16.8. The van der Waals surface area contributed by atoms with Crippen LogP contribution in [0.4, 0.5) is 0 Å². The van der Waals surface area contributed by atoms with Gasteiger partial charge in [-0.3, -0.25) is 9.59 Å². The predicted octanol–water partition coefficient (Wildman–Crippen LogP) is 4.42. The number of hydrogen-bond acceptors (Lipinski definition) is 3. The number of benzene rings is 1. The zero-order valence-electron chi connectivity index (χ0n) is 16.8. The number of esters is 1. The quantitative estimate of drug-likeness (QED) is 0.654. The van der Waals surface area contributed by atoms with Crippen LogP contribution in [0.1, 0.15) is 75.9 Å². The van der Waals surface area contributed by atoms with Crippen molar-refractivity contribution < 1.29 is 14.3 Å². The van der Waals surface area contributed by atoms with Crippen molar-refractivity contribution in [2.45, 2.75) is 66.8 Å². The van der Waals surface area contributed by atoms with Gasteiger partial charge in [0.15, 0.2) is 0 Å². The Kier molecular flexibility index (Phi) is 8.14. The van der Waals surface area contributed by atoms with E-state index in [0.29, 0.717) is 18.1 Å². The highest BCUT2D eigenvalue weighted by molar-refractivity contribution is 5.96. The van der Waals surface area contributed by atoms with Gasteiger partial charge in [-0.1, -0.05) is 40.7 Å². The maximum atomic E-state index is 13.0. The van der Waals surface area contributed by atoms with E-state index in [4.69, 9.17) is 4.74 Å². The minimum atomic E-state index is -0.355. The molecule has 0 fully saturated rings. The van der Waals surface area contributed by atoms with E-state index in [0.717, 1.165) is 17.5 Å². The van der Waals surface area contributed by atoms with Crippen molar-refractivity contribution in [2.75, 3.05) is 13.2 Å². The summed E-state index contributed by atoms with van der Waals surface area (Å²) in [6, 6.07) is 5.95. The molecule has 1 amide bonds. The summed E-state index contributed by atoms with van der Waals surface area (Å²) in [6.45, 7) is 14.5. The molecule has 1 aromatic rings. The fourth-order valence-corrected chi connectivity index (χ4v) is 2.48. The molecule has 0 saturated heterocycles. The number of amides is 1. The molecule has 1 rings (SSSR count). The summed E-state index contributed by atoms with van der Waals surface area (Å²) in [6.07, 6.45) is 0.874. The van der Waals surface area contributed by atoms with Crippen LogP contribution in [0.5, 0.6) is 0 Å². The van der Waals surface area contributed by atoms with Gasteiger partial charge >= 0.3 is 5.97 Å². The van der Waals surface area contributed by atoms with Gasteiger partial charge < -0.3 is 9.64 Å². The lowest BCUT2D eigenvalue weighted by Crippen LogP contribution is -2.41. The molecular weight excluding hydrogens is 314 g/mol. The normalized spacial score (nSPS) is 11.3. The Balaban J connectivity index is 3.03. The van der Waals surface area contributed by atoms with E-state index in [9.17, 15) is 9.59 Å². The molecule has 25 heavy (non-hydrogen) atoms. The van der Waals surface area contributed by atoms with Gasteiger partial charge in [-0.25, -0.2) is 0 Å². The molecular formula is C21H33NO3. The lowest BCUT2D eigenvalue weighted by Gasteiger charge is -2.26. The molecule has 0 unspecified atom stereocenters. The van der Waals surface area contributed by atoms with Crippen molar-refractivity contribution in [1.29, 1.82) is 0 Å². The molecule has 0 spiro atoms. The second kappa shape index (κ2) is 9.59. The first kappa shape index (κ1) is 21.2.